The van der Waals surface area contributed by atoms with Gasteiger partial charge >= 0.3 is 0 Å². The van der Waals surface area contributed by atoms with Crippen molar-refractivity contribution in [2.75, 3.05) is 18.1 Å². The predicted octanol–water partition coefficient (Wildman–Crippen LogP) is 1.73. The highest BCUT2D eigenvalue weighted by molar-refractivity contribution is 7.91. The van der Waals surface area contributed by atoms with Crippen molar-refractivity contribution < 1.29 is 13.2 Å². The number of carbonyl (C=O) groups excluding carboxylic acids is 1. The van der Waals surface area contributed by atoms with Crippen LogP contribution in [0.1, 0.15) is 30.9 Å². The summed E-state index contributed by atoms with van der Waals surface area (Å²) < 4.78 is 22.7. The van der Waals surface area contributed by atoms with Crippen molar-refractivity contribution in [3.05, 3.63) is 35.4 Å². The standard InChI is InChI=1S/C16H23NO3S/c1-2-13-3-5-14(6-4-13)7-8-16(18)17-11-15-9-10-21(19,20)12-15/h3-6,15H,2,7-12H2,1H3,(H,17,18). The molecule has 4 nitrogen and oxygen atoms in total. The number of hydrogen-bond acceptors (Lipinski definition) is 3. The minimum absolute atomic E-state index is 0.00105. The number of carbonyl (C=O) groups is 1. The van der Waals surface area contributed by atoms with Gasteiger partial charge in [-0.1, -0.05) is 31.2 Å². The first-order valence-electron chi connectivity index (χ1n) is 7.53. The van der Waals surface area contributed by atoms with E-state index in [2.05, 4.69) is 36.5 Å². The first-order chi connectivity index (χ1) is 9.98. The monoisotopic (exact) mass is 309 g/mol. The van der Waals surface area contributed by atoms with Crippen LogP contribution in [0.25, 0.3) is 0 Å². The lowest BCUT2D eigenvalue weighted by atomic mass is 10.1. The molecule has 5 heteroatoms. The molecule has 1 unspecified atom stereocenters. The van der Waals surface area contributed by atoms with Crippen molar-refractivity contribution in [2.24, 2.45) is 5.92 Å². The Hall–Kier alpha value is -1.36. The largest absolute Gasteiger partial charge is 0.356 e. The minimum Gasteiger partial charge on any atom is -0.356 e. The highest BCUT2D eigenvalue weighted by Crippen LogP contribution is 2.17. The maximum atomic E-state index is 11.8. The van der Waals surface area contributed by atoms with E-state index in [1.54, 1.807) is 0 Å². The molecule has 0 spiro atoms. The van der Waals surface area contributed by atoms with Crippen LogP contribution < -0.4 is 5.32 Å². The third kappa shape index (κ3) is 5.16. The maximum Gasteiger partial charge on any atom is 0.220 e. The van der Waals surface area contributed by atoms with Crippen molar-refractivity contribution in [2.45, 2.75) is 32.6 Å². The van der Waals surface area contributed by atoms with Gasteiger partial charge in [0.05, 0.1) is 11.5 Å². The summed E-state index contributed by atoms with van der Waals surface area (Å²) >= 11 is 0. The zero-order valence-corrected chi connectivity index (χ0v) is 13.3. The van der Waals surface area contributed by atoms with Crippen molar-refractivity contribution >= 4 is 15.7 Å². The lowest BCUT2D eigenvalue weighted by Gasteiger charge is -2.09. The van der Waals surface area contributed by atoms with Gasteiger partial charge in [-0.15, -0.1) is 0 Å². The average molecular weight is 309 g/mol. The third-order valence-electron chi connectivity index (χ3n) is 3.99. The highest BCUT2D eigenvalue weighted by atomic mass is 32.2. The molecular weight excluding hydrogens is 286 g/mol. The number of amides is 1. The summed E-state index contributed by atoms with van der Waals surface area (Å²) in [5.74, 6) is 0.560. The second-order valence-electron chi connectivity index (χ2n) is 5.74. The SMILES string of the molecule is CCc1ccc(CCC(=O)NCC2CCS(=O)(=O)C2)cc1. The predicted molar refractivity (Wildman–Crippen MR) is 83.9 cm³/mol. The molecule has 1 fully saturated rings. The van der Waals surface area contributed by atoms with E-state index in [-0.39, 0.29) is 23.3 Å². The minimum atomic E-state index is -2.86. The molecule has 2 rings (SSSR count). The summed E-state index contributed by atoms with van der Waals surface area (Å²) in [6.07, 6.45) is 2.86. The van der Waals surface area contributed by atoms with E-state index in [1.807, 2.05) is 0 Å². The van der Waals surface area contributed by atoms with Crippen LogP contribution in [0.2, 0.25) is 0 Å². The molecule has 1 aromatic carbocycles. The zero-order chi connectivity index (χ0) is 15.3. The second kappa shape index (κ2) is 7.07. The summed E-state index contributed by atoms with van der Waals surface area (Å²) in [6.45, 7) is 2.60. The van der Waals surface area contributed by atoms with E-state index in [9.17, 15) is 13.2 Å². The van der Waals surface area contributed by atoms with Gasteiger partial charge in [0.25, 0.3) is 0 Å². The molecule has 0 aromatic heterocycles. The molecule has 21 heavy (non-hydrogen) atoms. The third-order valence-corrected chi connectivity index (χ3v) is 5.82. The zero-order valence-electron chi connectivity index (χ0n) is 12.5. The molecule has 1 atom stereocenters. The molecule has 1 aliphatic rings. The van der Waals surface area contributed by atoms with Gasteiger partial charge in [-0.25, -0.2) is 8.42 Å². The van der Waals surface area contributed by atoms with Gasteiger partial charge < -0.3 is 5.32 Å². The number of nitrogens with one attached hydrogen (secondary N) is 1. The number of sulfone groups is 1. The van der Waals surface area contributed by atoms with Crippen LogP contribution in [0, 0.1) is 5.92 Å². The molecule has 1 saturated heterocycles. The molecule has 0 saturated carbocycles. The Morgan fingerprint density at radius 1 is 1.24 bits per heavy atom. The average Bonchev–Trinajstić information content (AvgIpc) is 2.83. The number of aryl methyl sites for hydroxylation is 2. The van der Waals surface area contributed by atoms with Crippen molar-refractivity contribution in [3.8, 4) is 0 Å². The lowest BCUT2D eigenvalue weighted by molar-refractivity contribution is -0.121. The van der Waals surface area contributed by atoms with Crippen molar-refractivity contribution in [1.29, 1.82) is 0 Å². The Bertz CT molecular complexity index is 578. The summed E-state index contributed by atoms with van der Waals surface area (Å²) in [7, 11) is -2.86. The quantitative estimate of drug-likeness (QED) is 0.870. The summed E-state index contributed by atoms with van der Waals surface area (Å²) in [4.78, 5) is 11.8. The lowest BCUT2D eigenvalue weighted by Crippen LogP contribution is -2.29. The Balaban J connectivity index is 1.70. The Kier molecular flexibility index (Phi) is 5.39. The van der Waals surface area contributed by atoms with Crippen LogP contribution in [0.3, 0.4) is 0 Å². The van der Waals surface area contributed by atoms with E-state index in [4.69, 9.17) is 0 Å². The molecule has 1 aromatic rings. The van der Waals surface area contributed by atoms with E-state index < -0.39 is 9.84 Å². The first kappa shape index (κ1) is 16.0. The van der Waals surface area contributed by atoms with Crippen LogP contribution in [0.15, 0.2) is 24.3 Å². The van der Waals surface area contributed by atoms with Gasteiger partial charge in [-0.3, -0.25) is 4.79 Å². The molecule has 116 valence electrons. The van der Waals surface area contributed by atoms with Crippen LogP contribution in [-0.2, 0) is 27.5 Å². The smallest absolute Gasteiger partial charge is 0.220 e. The molecule has 0 radical (unpaired) electrons. The summed E-state index contributed by atoms with van der Waals surface area (Å²) in [5, 5.41) is 2.85. The summed E-state index contributed by atoms with van der Waals surface area (Å²) in [6, 6.07) is 8.32. The van der Waals surface area contributed by atoms with Crippen molar-refractivity contribution in [1.82, 2.24) is 5.32 Å². The van der Waals surface area contributed by atoms with Crippen LogP contribution >= 0.6 is 0 Å². The number of hydrogen-bond donors (Lipinski definition) is 1. The van der Waals surface area contributed by atoms with Gasteiger partial charge in [-0.2, -0.15) is 0 Å². The van der Waals surface area contributed by atoms with Gasteiger partial charge in [0.1, 0.15) is 0 Å². The van der Waals surface area contributed by atoms with E-state index in [1.165, 1.54) is 5.56 Å². The first-order valence-corrected chi connectivity index (χ1v) is 9.35. The van der Waals surface area contributed by atoms with Gasteiger partial charge in [0, 0.05) is 13.0 Å². The molecule has 1 N–H and O–H groups in total. The topological polar surface area (TPSA) is 63.2 Å². The fraction of sp³-hybridized carbons (Fsp3) is 0.562. The second-order valence-corrected chi connectivity index (χ2v) is 7.97. The molecule has 1 amide bonds. The number of rotatable bonds is 6. The van der Waals surface area contributed by atoms with Crippen LogP contribution in [0.4, 0.5) is 0 Å². The molecular formula is C16H23NO3S. The fourth-order valence-electron chi connectivity index (χ4n) is 2.58. The fourth-order valence-corrected chi connectivity index (χ4v) is 4.44. The molecule has 0 bridgehead atoms. The van der Waals surface area contributed by atoms with Gasteiger partial charge in [-0.05, 0) is 36.3 Å². The number of benzene rings is 1. The Morgan fingerprint density at radius 2 is 1.90 bits per heavy atom. The van der Waals surface area contributed by atoms with Crippen molar-refractivity contribution in [3.63, 3.8) is 0 Å². The van der Waals surface area contributed by atoms with Gasteiger partial charge in [0.2, 0.25) is 5.91 Å². The van der Waals surface area contributed by atoms with Crippen LogP contribution in [-0.4, -0.2) is 32.4 Å². The maximum absolute atomic E-state index is 11.8. The molecule has 0 aliphatic carbocycles. The summed E-state index contributed by atoms with van der Waals surface area (Å²) in [5.41, 5.74) is 2.46. The van der Waals surface area contributed by atoms with Crippen LogP contribution in [0.5, 0.6) is 0 Å². The normalized spacial score (nSPS) is 20.3. The van der Waals surface area contributed by atoms with E-state index >= 15 is 0 Å². The van der Waals surface area contributed by atoms with E-state index in [0.29, 0.717) is 19.4 Å². The van der Waals surface area contributed by atoms with Gasteiger partial charge in [0.15, 0.2) is 9.84 Å². The molecule has 1 heterocycles. The molecule has 1 aliphatic heterocycles. The van der Waals surface area contributed by atoms with E-state index in [0.717, 1.165) is 18.4 Å². The Labute approximate surface area is 126 Å². The Morgan fingerprint density at radius 3 is 2.48 bits per heavy atom. The highest BCUT2D eigenvalue weighted by Gasteiger charge is 2.27.